The number of carbonyl (C=O) groups excluding carboxylic acids is 1. The minimum Gasteiger partial charge on any atom is -0.369 e. The van der Waals surface area contributed by atoms with Crippen LogP contribution >= 0.6 is 0 Å². The highest BCUT2D eigenvalue weighted by Gasteiger charge is 2.20. The average Bonchev–Trinajstić information content (AvgIpc) is 2.81. The Bertz CT molecular complexity index is 966. The Kier molecular flexibility index (Phi) is 8.40. The second-order valence-electron chi connectivity index (χ2n) is 10.0. The standard InChI is InChI=1S/C26H36N6O/c1-5-12-32-13-10-20(11-14-32)19-6-8-21(9-7-19)25(33)29-17-22-16-28-23(15-27)31-24(22)30-18-26(2,3)4/h6-9,16,20H,5,10-14,17-18H2,1-4H3,(H,29,33)(H,28,30,31). The molecule has 176 valence electrons. The number of nitriles is 1. The number of piperidine rings is 1. The van der Waals surface area contributed by atoms with Crippen LogP contribution < -0.4 is 10.6 Å². The molecule has 7 nitrogen and oxygen atoms in total. The summed E-state index contributed by atoms with van der Waals surface area (Å²) in [4.78, 5) is 23.6. The molecule has 1 aromatic carbocycles. The van der Waals surface area contributed by atoms with E-state index in [2.05, 4.69) is 65.3 Å². The summed E-state index contributed by atoms with van der Waals surface area (Å²) in [7, 11) is 0. The van der Waals surface area contributed by atoms with Gasteiger partial charge in [0.1, 0.15) is 11.9 Å². The molecule has 1 aromatic heterocycles. The predicted molar refractivity (Wildman–Crippen MR) is 131 cm³/mol. The molecule has 0 bridgehead atoms. The van der Waals surface area contributed by atoms with Gasteiger partial charge in [-0.2, -0.15) is 5.26 Å². The van der Waals surface area contributed by atoms with Crippen molar-refractivity contribution in [2.75, 3.05) is 31.5 Å². The van der Waals surface area contributed by atoms with Gasteiger partial charge in [-0.25, -0.2) is 9.97 Å². The highest BCUT2D eigenvalue weighted by atomic mass is 16.1. The number of carbonyl (C=O) groups is 1. The number of rotatable bonds is 8. The van der Waals surface area contributed by atoms with Crippen LogP contribution in [0, 0.1) is 16.7 Å². The van der Waals surface area contributed by atoms with Crippen molar-refractivity contribution in [1.82, 2.24) is 20.2 Å². The van der Waals surface area contributed by atoms with Crippen molar-refractivity contribution in [3.8, 4) is 6.07 Å². The van der Waals surface area contributed by atoms with Crippen molar-refractivity contribution in [2.45, 2.75) is 59.4 Å². The van der Waals surface area contributed by atoms with Crippen molar-refractivity contribution in [1.29, 1.82) is 5.26 Å². The fraction of sp³-hybridized carbons (Fsp3) is 0.538. The van der Waals surface area contributed by atoms with Gasteiger partial charge in [0.05, 0.1) is 0 Å². The molecule has 1 fully saturated rings. The minimum absolute atomic E-state index is 0.0483. The van der Waals surface area contributed by atoms with Crippen molar-refractivity contribution < 1.29 is 4.79 Å². The summed E-state index contributed by atoms with van der Waals surface area (Å²) in [6.45, 7) is 13.0. The van der Waals surface area contributed by atoms with Gasteiger partial charge in [0.15, 0.2) is 0 Å². The van der Waals surface area contributed by atoms with Gasteiger partial charge in [-0.15, -0.1) is 0 Å². The van der Waals surface area contributed by atoms with Gasteiger partial charge in [0.25, 0.3) is 5.91 Å². The number of hydrogen-bond acceptors (Lipinski definition) is 6. The van der Waals surface area contributed by atoms with E-state index in [1.165, 1.54) is 31.4 Å². The summed E-state index contributed by atoms with van der Waals surface area (Å²) < 4.78 is 0. The second kappa shape index (κ2) is 11.2. The van der Waals surface area contributed by atoms with Crippen LogP contribution in [0.15, 0.2) is 30.5 Å². The van der Waals surface area contributed by atoms with Gasteiger partial charge in [-0.3, -0.25) is 4.79 Å². The van der Waals surface area contributed by atoms with Crippen molar-refractivity contribution in [3.63, 3.8) is 0 Å². The van der Waals surface area contributed by atoms with E-state index < -0.39 is 0 Å². The molecule has 0 unspecified atom stereocenters. The number of benzene rings is 1. The highest BCUT2D eigenvalue weighted by molar-refractivity contribution is 5.94. The molecule has 0 atom stereocenters. The first kappa shape index (κ1) is 24.7. The molecule has 0 saturated carbocycles. The van der Waals surface area contributed by atoms with Gasteiger partial charge < -0.3 is 15.5 Å². The molecule has 1 saturated heterocycles. The van der Waals surface area contributed by atoms with Gasteiger partial charge in [-0.1, -0.05) is 39.8 Å². The van der Waals surface area contributed by atoms with E-state index in [1.807, 2.05) is 18.2 Å². The van der Waals surface area contributed by atoms with Crippen LogP contribution in [-0.2, 0) is 6.54 Å². The maximum Gasteiger partial charge on any atom is 0.251 e. The van der Waals surface area contributed by atoms with E-state index in [1.54, 1.807) is 6.20 Å². The molecule has 33 heavy (non-hydrogen) atoms. The van der Waals surface area contributed by atoms with Crippen molar-refractivity contribution in [3.05, 3.63) is 53.0 Å². The Labute approximate surface area is 197 Å². The number of anilines is 1. The third-order valence-corrected chi connectivity index (χ3v) is 5.96. The van der Waals surface area contributed by atoms with Gasteiger partial charge >= 0.3 is 0 Å². The molecule has 1 amide bonds. The molecule has 1 aliphatic rings. The van der Waals surface area contributed by atoms with Gasteiger partial charge in [0.2, 0.25) is 5.82 Å². The normalized spacial score (nSPS) is 15.1. The van der Waals surface area contributed by atoms with Crippen molar-refractivity contribution >= 4 is 11.7 Å². The van der Waals surface area contributed by atoms with E-state index in [0.29, 0.717) is 23.8 Å². The maximum absolute atomic E-state index is 12.7. The largest absolute Gasteiger partial charge is 0.369 e. The molecular weight excluding hydrogens is 412 g/mol. The molecule has 1 aliphatic heterocycles. The first-order chi connectivity index (χ1) is 15.8. The quantitative estimate of drug-likeness (QED) is 0.624. The lowest BCUT2D eigenvalue weighted by atomic mass is 9.89. The monoisotopic (exact) mass is 448 g/mol. The summed E-state index contributed by atoms with van der Waals surface area (Å²) in [5.74, 6) is 1.13. The number of likely N-dealkylation sites (tertiary alicyclic amines) is 1. The third-order valence-electron chi connectivity index (χ3n) is 5.96. The molecule has 0 radical (unpaired) electrons. The van der Waals surface area contributed by atoms with E-state index in [4.69, 9.17) is 5.26 Å². The number of nitrogens with one attached hydrogen (secondary N) is 2. The average molecular weight is 449 g/mol. The van der Waals surface area contributed by atoms with E-state index >= 15 is 0 Å². The topological polar surface area (TPSA) is 93.9 Å². The van der Waals surface area contributed by atoms with Crippen LogP contribution in [0.3, 0.4) is 0 Å². The third kappa shape index (κ3) is 7.26. The fourth-order valence-electron chi connectivity index (χ4n) is 4.08. The summed E-state index contributed by atoms with van der Waals surface area (Å²) in [6.07, 6.45) is 5.16. The number of amides is 1. The van der Waals surface area contributed by atoms with Crippen molar-refractivity contribution in [2.24, 2.45) is 5.41 Å². The first-order valence-corrected chi connectivity index (χ1v) is 11.9. The zero-order chi connectivity index (χ0) is 23.8. The van der Waals surface area contributed by atoms with Crippen LogP contribution in [0.1, 0.15) is 80.2 Å². The fourth-order valence-corrected chi connectivity index (χ4v) is 4.08. The lowest BCUT2D eigenvalue weighted by Gasteiger charge is -2.32. The Balaban J connectivity index is 1.59. The molecule has 2 aromatic rings. The number of aromatic nitrogens is 2. The van der Waals surface area contributed by atoms with Crippen LogP contribution in [-0.4, -0.2) is 47.0 Å². The summed E-state index contributed by atoms with van der Waals surface area (Å²) >= 11 is 0. The van der Waals surface area contributed by atoms with E-state index in [0.717, 1.165) is 18.7 Å². The van der Waals surface area contributed by atoms with E-state index in [-0.39, 0.29) is 23.7 Å². The number of nitrogens with zero attached hydrogens (tertiary/aromatic N) is 4. The molecule has 2 N–H and O–H groups in total. The second-order valence-corrected chi connectivity index (χ2v) is 10.0. The predicted octanol–water partition coefficient (Wildman–Crippen LogP) is 4.33. The van der Waals surface area contributed by atoms with Gasteiger partial charge in [0, 0.05) is 30.4 Å². The highest BCUT2D eigenvalue weighted by Crippen LogP contribution is 2.28. The molecule has 3 rings (SSSR count). The zero-order valence-corrected chi connectivity index (χ0v) is 20.3. The summed E-state index contributed by atoms with van der Waals surface area (Å²) in [5, 5.41) is 15.4. The molecule has 0 aliphatic carbocycles. The Morgan fingerprint density at radius 1 is 1.21 bits per heavy atom. The molecule has 7 heteroatoms. The summed E-state index contributed by atoms with van der Waals surface area (Å²) in [6, 6.07) is 9.99. The lowest BCUT2D eigenvalue weighted by Crippen LogP contribution is -2.33. The Morgan fingerprint density at radius 2 is 1.91 bits per heavy atom. The zero-order valence-electron chi connectivity index (χ0n) is 20.3. The molecular formula is C26H36N6O. The molecule has 2 heterocycles. The Morgan fingerprint density at radius 3 is 2.52 bits per heavy atom. The van der Waals surface area contributed by atoms with Crippen LogP contribution in [0.2, 0.25) is 0 Å². The Hall–Kier alpha value is -2.98. The lowest BCUT2D eigenvalue weighted by molar-refractivity contribution is 0.0951. The van der Waals surface area contributed by atoms with Crippen LogP contribution in [0.25, 0.3) is 0 Å². The van der Waals surface area contributed by atoms with Crippen LogP contribution in [0.5, 0.6) is 0 Å². The van der Waals surface area contributed by atoms with E-state index in [9.17, 15) is 4.79 Å². The maximum atomic E-state index is 12.7. The minimum atomic E-state index is -0.134. The number of hydrogen-bond donors (Lipinski definition) is 2. The smallest absolute Gasteiger partial charge is 0.251 e. The first-order valence-electron chi connectivity index (χ1n) is 11.9. The van der Waals surface area contributed by atoms with Gasteiger partial charge in [-0.05, 0) is 67.9 Å². The molecule has 0 spiro atoms. The van der Waals surface area contributed by atoms with Crippen LogP contribution in [0.4, 0.5) is 5.82 Å². The SMILES string of the molecule is CCCN1CCC(c2ccc(C(=O)NCc3cnc(C#N)nc3NCC(C)(C)C)cc2)CC1. The summed E-state index contributed by atoms with van der Waals surface area (Å²) in [5.41, 5.74) is 2.76.